The SMILES string of the molecule is CCOC(=O)c1nn(C)c(=S)n1-c1ccccc1. The predicted molar refractivity (Wildman–Crippen MR) is 69.3 cm³/mol. The predicted octanol–water partition coefficient (Wildman–Crippen LogP) is 2.12. The van der Waals surface area contributed by atoms with Crippen LogP contribution in [0.1, 0.15) is 17.5 Å². The van der Waals surface area contributed by atoms with Crippen molar-refractivity contribution in [1.82, 2.24) is 14.3 Å². The lowest BCUT2D eigenvalue weighted by Gasteiger charge is -2.05. The van der Waals surface area contributed by atoms with Crippen LogP contribution in [0.5, 0.6) is 0 Å². The van der Waals surface area contributed by atoms with Crippen molar-refractivity contribution in [2.75, 3.05) is 6.61 Å². The van der Waals surface area contributed by atoms with Crippen molar-refractivity contribution in [3.63, 3.8) is 0 Å². The molecule has 0 bridgehead atoms. The van der Waals surface area contributed by atoms with Crippen molar-refractivity contribution in [3.05, 3.63) is 40.9 Å². The highest BCUT2D eigenvalue weighted by molar-refractivity contribution is 7.71. The summed E-state index contributed by atoms with van der Waals surface area (Å²) >= 11 is 5.26. The summed E-state index contributed by atoms with van der Waals surface area (Å²) < 4.78 is 8.51. The average molecular weight is 263 g/mol. The van der Waals surface area contributed by atoms with Gasteiger partial charge in [0.1, 0.15) is 0 Å². The summed E-state index contributed by atoms with van der Waals surface area (Å²) in [6.45, 7) is 2.05. The molecule has 0 radical (unpaired) electrons. The highest BCUT2D eigenvalue weighted by Crippen LogP contribution is 2.12. The Morgan fingerprint density at radius 1 is 1.39 bits per heavy atom. The first-order chi connectivity index (χ1) is 8.65. The molecule has 0 N–H and O–H groups in total. The third-order valence-electron chi connectivity index (χ3n) is 2.40. The van der Waals surface area contributed by atoms with E-state index in [4.69, 9.17) is 17.0 Å². The van der Waals surface area contributed by atoms with Gasteiger partial charge in [0, 0.05) is 7.05 Å². The number of benzene rings is 1. The van der Waals surface area contributed by atoms with Crippen LogP contribution >= 0.6 is 12.2 Å². The van der Waals surface area contributed by atoms with Gasteiger partial charge in [-0.05, 0) is 31.3 Å². The van der Waals surface area contributed by atoms with Crippen molar-refractivity contribution in [2.45, 2.75) is 6.92 Å². The minimum absolute atomic E-state index is 0.190. The van der Waals surface area contributed by atoms with Crippen LogP contribution in [0, 0.1) is 4.77 Å². The molecule has 0 aliphatic rings. The molecule has 2 rings (SSSR count). The first-order valence-corrected chi connectivity index (χ1v) is 5.94. The second kappa shape index (κ2) is 5.14. The molecule has 94 valence electrons. The molecule has 0 unspecified atom stereocenters. The second-order valence-electron chi connectivity index (χ2n) is 3.62. The molecule has 2 aromatic rings. The third kappa shape index (κ3) is 2.19. The first-order valence-electron chi connectivity index (χ1n) is 5.53. The zero-order valence-electron chi connectivity index (χ0n) is 10.2. The van der Waals surface area contributed by atoms with E-state index in [9.17, 15) is 4.79 Å². The molecule has 0 fully saturated rings. The van der Waals surface area contributed by atoms with Crippen LogP contribution in [-0.4, -0.2) is 26.9 Å². The Labute approximate surface area is 110 Å². The molecule has 0 saturated carbocycles. The quantitative estimate of drug-likeness (QED) is 0.628. The number of carbonyl (C=O) groups excluding carboxylic acids is 1. The number of aryl methyl sites for hydroxylation is 1. The van der Waals surface area contributed by atoms with Gasteiger partial charge in [-0.25, -0.2) is 9.48 Å². The van der Waals surface area contributed by atoms with Crippen molar-refractivity contribution >= 4 is 18.2 Å². The number of esters is 1. The summed E-state index contributed by atoms with van der Waals surface area (Å²) in [5.74, 6) is -0.288. The summed E-state index contributed by atoms with van der Waals surface area (Å²) in [7, 11) is 1.70. The largest absolute Gasteiger partial charge is 0.460 e. The van der Waals surface area contributed by atoms with Gasteiger partial charge in [0.25, 0.3) is 0 Å². The molecule has 5 nitrogen and oxygen atoms in total. The fourth-order valence-corrected chi connectivity index (χ4v) is 1.84. The van der Waals surface area contributed by atoms with E-state index < -0.39 is 5.97 Å². The number of carbonyl (C=O) groups is 1. The average Bonchev–Trinajstić information content (AvgIpc) is 2.67. The monoisotopic (exact) mass is 263 g/mol. The van der Waals surface area contributed by atoms with E-state index in [1.165, 1.54) is 4.68 Å². The summed E-state index contributed by atoms with van der Waals surface area (Å²) in [6, 6.07) is 9.37. The summed E-state index contributed by atoms with van der Waals surface area (Å²) in [5, 5.41) is 4.11. The highest BCUT2D eigenvalue weighted by Gasteiger charge is 2.18. The lowest BCUT2D eigenvalue weighted by atomic mass is 10.3. The van der Waals surface area contributed by atoms with Crippen LogP contribution < -0.4 is 0 Å². The minimum Gasteiger partial charge on any atom is -0.460 e. The second-order valence-corrected chi connectivity index (χ2v) is 3.99. The highest BCUT2D eigenvalue weighted by atomic mass is 32.1. The van der Waals surface area contributed by atoms with Gasteiger partial charge in [-0.1, -0.05) is 18.2 Å². The van der Waals surface area contributed by atoms with Crippen LogP contribution in [0.4, 0.5) is 0 Å². The lowest BCUT2D eigenvalue weighted by molar-refractivity contribution is 0.0508. The Morgan fingerprint density at radius 2 is 2.06 bits per heavy atom. The van der Waals surface area contributed by atoms with Crippen molar-refractivity contribution in [3.8, 4) is 5.69 Å². The zero-order chi connectivity index (χ0) is 13.1. The van der Waals surface area contributed by atoms with Gasteiger partial charge in [-0.15, -0.1) is 5.10 Å². The number of hydrogen-bond acceptors (Lipinski definition) is 4. The van der Waals surface area contributed by atoms with E-state index in [1.54, 1.807) is 18.5 Å². The molecule has 0 amide bonds. The Bertz CT molecular complexity index is 616. The fraction of sp³-hybridized carbons (Fsp3) is 0.250. The molecule has 1 aromatic heterocycles. The molecule has 0 atom stereocenters. The van der Waals surface area contributed by atoms with E-state index in [-0.39, 0.29) is 5.82 Å². The Kier molecular flexibility index (Phi) is 3.57. The number of aromatic nitrogens is 3. The number of hydrogen-bond donors (Lipinski definition) is 0. The van der Waals surface area contributed by atoms with Gasteiger partial charge >= 0.3 is 5.97 Å². The standard InChI is InChI=1S/C12H13N3O2S/c1-3-17-11(16)10-13-14(2)12(18)15(10)9-7-5-4-6-8-9/h4-8H,3H2,1-2H3. The fourth-order valence-electron chi connectivity index (χ4n) is 1.60. The molecular weight excluding hydrogens is 250 g/mol. The topological polar surface area (TPSA) is 49.0 Å². The number of rotatable bonds is 3. The smallest absolute Gasteiger partial charge is 0.376 e. The Balaban J connectivity index is 2.59. The maximum atomic E-state index is 11.8. The van der Waals surface area contributed by atoms with Gasteiger partial charge in [0.15, 0.2) is 0 Å². The van der Waals surface area contributed by atoms with Gasteiger partial charge < -0.3 is 4.74 Å². The molecule has 18 heavy (non-hydrogen) atoms. The molecule has 0 saturated heterocycles. The Hall–Kier alpha value is -1.95. The number of ether oxygens (including phenoxy) is 1. The van der Waals surface area contributed by atoms with Crippen LogP contribution in [0.25, 0.3) is 5.69 Å². The minimum atomic E-state index is -0.479. The van der Waals surface area contributed by atoms with E-state index in [0.717, 1.165) is 5.69 Å². The summed E-state index contributed by atoms with van der Waals surface area (Å²) in [6.07, 6.45) is 0. The first kappa shape index (κ1) is 12.5. The molecular formula is C12H13N3O2S. The number of para-hydroxylation sites is 1. The maximum Gasteiger partial charge on any atom is 0.376 e. The van der Waals surface area contributed by atoms with Gasteiger partial charge in [-0.3, -0.25) is 4.57 Å². The molecule has 6 heteroatoms. The van der Waals surface area contributed by atoms with Crippen molar-refractivity contribution < 1.29 is 9.53 Å². The van der Waals surface area contributed by atoms with Crippen molar-refractivity contribution in [1.29, 1.82) is 0 Å². The van der Waals surface area contributed by atoms with E-state index in [0.29, 0.717) is 11.4 Å². The third-order valence-corrected chi connectivity index (χ3v) is 2.84. The molecule has 0 aliphatic carbocycles. The zero-order valence-corrected chi connectivity index (χ0v) is 11.0. The van der Waals surface area contributed by atoms with Crippen LogP contribution in [0.15, 0.2) is 30.3 Å². The van der Waals surface area contributed by atoms with Gasteiger partial charge in [-0.2, -0.15) is 0 Å². The molecule has 0 spiro atoms. The summed E-state index contributed by atoms with van der Waals surface area (Å²) in [5.41, 5.74) is 0.790. The van der Waals surface area contributed by atoms with Gasteiger partial charge in [0.05, 0.1) is 12.3 Å². The molecule has 1 aromatic carbocycles. The summed E-state index contributed by atoms with van der Waals surface area (Å²) in [4.78, 5) is 11.8. The molecule has 0 aliphatic heterocycles. The van der Waals surface area contributed by atoms with E-state index >= 15 is 0 Å². The molecule has 1 heterocycles. The van der Waals surface area contributed by atoms with E-state index in [1.807, 2.05) is 30.3 Å². The van der Waals surface area contributed by atoms with Crippen molar-refractivity contribution in [2.24, 2.45) is 7.05 Å². The number of nitrogens with zero attached hydrogens (tertiary/aromatic N) is 3. The van der Waals surface area contributed by atoms with E-state index in [2.05, 4.69) is 5.10 Å². The normalized spacial score (nSPS) is 10.3. The van der Waals surface area contributed by atoms with Crippen LogP contribution in [0.3, 0.4) is 0 Å². The lowest BCUT2D eigenvalue weighted by Crippen LogP contribution is -2.12. The van der Waals surface area contributed by atoms with Gasteiger partial charge in [0.2, 0.25) is 10.6 Å². The Morgan fingerprint density at radius 3 is 2.67 bits per heavy atom. The van der Waals surface area contributed by atoms with Crippen LogP contribution in [0.2, 0.25) is 0 Å². The maximum absolute atomic E-state index is 11.8. The van der Waals surface area contributed by atoms with Crippen LogP contribution in [-0.2, 0) is 11.8 Å².